The van der Waals surface area contributed by atoms with E-state index in [0.717, 1.165) is 39.7 Å². The average Bonchev–Trinajstić information content (AvgIpc) is 3.99. The molecular formula is C58H38GeN4. The zero-order chi connectivity index (χ0) is 41.5. The van der Waals surface area contributed by atoms with Gasteiger partial charge in [-0.05, 0) is 18.2 Å². The van der Waals surface area contributed by atoms with Crippen molar-refractivity contribution >= 4 is 74.5 Å². The van der Waals surface area contributed by atoms with Crippen LogP contribution in [0.2, 0.25) is 0 Å². The molecule has 0 bridgehead atoms. The maximum absolute atomic E-state index is 5.62. The van der Waals surface area contributed by atoms with Gasteiger partial charge in [0, 0.05) is 11.1 Å². The van der Waals surface area contributed by atoms with Crippen LogP contribution in [-0.2, 0) is 0 Å². The summed E-state index contributed by atoms with van der Waals surface area (Å²) in [6.07, 6.45) is 0. The number of fused-ring (bicyclic) bond motifs is 10. The zero-order valence-electron chi connectivity index (χ0n) is 34.2. The third kappa shape index (κ3) is 5.22. The first-order chi connectivity index (χ1) is 31.3. The Balaban J connectivity index is 1.03. The SMILES string of the molecule is c1ccc(-c2nc(-c3ccc(-n4c5ccccc5c5c6c7ccccc7n(-c7ccccc7)c6ccc54)cc3)nc3[c]2[Ge]([c]2ccccc2)([c]2ccccc2)[c]2ccccc2-3)cc1. The predicted molar refractivity (Wildman–Crippen MR) is 264 cm³/mol. The van der Waals surface area contributed by atoms with Gasteiger partial charge in [-0.25, -0.2) is 0 Å². The van der Waals surface area contributed by atoms with Crippen LogP contribution in [0.25, 0.3) is 88.9 Å². The van der Waals surface area contributed by atoms with E-state index < -0.39 is 13.3 Å². The van der Waals surface area contributed by atoms with E-state index in [1.54, 1.807) is 0 Å². The Kier molecular flexibility index (Phi) is 8.05. The fourth-order valence-corrected chi connectivity index (χ4v) is 21.6. The topological polar surface area (TPSA) is 35.6 Å². The third-order valence-electron chi connectivity index (χ3n) is 13.2. The summed E-state index contributed by atoms with van der Waals surface area (Å²) in [5.41, 5.74) is 12.4. The molecule has 0 amide bonds. The molecule has 9 aromatic carbocycles. The van der Waals surface area contributed by atoms with Crippen molar-refractivity contribution < 1.29 is 0 Å². The summed E-state index contributed by atoms with van der Waals surface area (Å²) in [5, 5.41) is 5.01. The van der Waals surface area contributed by atoms with Gasteiger partial charge in [0.1, 0.15) is 0 Å². The Hall–Kier alpha value is -7.80. The molecule has 0 spiro atoms. The number of nitrogens with zero attached hydrogens (tertiary/aromatic N) is 4. The normalized spacial score (nSPS) is 12.9. The van der Waals surface area contributed by atoms with Crippen LogP contribution in [-0.4, -0.2) is 32.4 Å². The number of rotatable bonds is 6. The molecule has 13 rings (SSSR count). The van der Waals surface area contributed by atoms with Crippen molar-refractivity contribution in [2.75, 3.05) is 0 Å². The summed E-state index contributed by atoms with van der Waals surface area (Å²) in [7, 11) is 0. The van der Waals surface area contributed by atoms with Gasteiger partial charge < -0.3 is 4.57 Å². The van der Waals surface area contributed by atoms with Crippen molar-refractivity contribution in [2.45, 2.75) is 0 Å². The van der Waals surface area contributed by atoms with E-state index in [0.29, 0.717) is 0 Å². The summed E-state index contributed by atoms with van der Waals surface area (Å²) < 4.78 is 10.3. The maximum atomic E-state index is 5.62. The Morgan fingerprint density at radius 2 is 0.794 bits per heavy atom. The molecular weight excluding hydrogens is 825 g/mol. The minimum absolute atomic E-state index is 0.728. The summed E-state index contributed by atoms with van der Waals surface area (Å²) in [6, 6.07) is 83.9. The monoisotopic (exact) mass is 864 g/mol. The van der Waals surface area contributed by atoms with E-state index in [4.69, 9.17) is 9.97 Å². The number of aromatic nitrogens is 4. The van der Waals surface area contributed by atoms with Crippen LogP contribution in [0.5, 0.6) is 0 Å². The van der Waals surface area contributed by atoms with E-state index in [1.165, 1.54) is 66.8 Å². The summed E-state index contributed by atoms with van der Waals surface area (Å²) in [4.78, 5) is 11.2. The molecule has 0 unspecified atom stereocenters. The second-order valence-electron chi connectivity index (χ2n) is 16.5. The molecule has 0 atom stereocenters. The molecule has 1 aliphatic heterocycles. The number of para-hydroxylation sites is 3. The first-order valence-corrected chi connectivity index (χ1v) is 25.8. The second kappa shape index (κ2) is 14.1. The molecule has 0 radical (unpaired) electrons. The quantitative estimate of drug-likeness (QED) is 0.156. The van der Waals surface area contributed by atoms with Crippen LogP contribution in [0.4, 0.5) is 0 Å². The Morgan fingerprint density at radius 3 is 1.38 bits per heavy atom. The van der Waals surface area contributed by atoms with Gasteiger partial charge in [-0.2, -0.15) is 0 Å². The molecule has 294 valence electrons. The fourth-order valence-electron chi connectivity index (χ4n) is 10.7. The Labute approximate surface area is 367 Å². The van der Waals surface area contributed by atoms with Crippen LogP contribution < -0.4 is 17.6 Å². The summed E-state index contributed by atoms with van der Waals surface area (Å²) >= 11 is -3.64. The van der Waals surface area contributed by atoms with E-state index in [1.807, 2.05) is 0 Å². The van der Waals surface area contributed by atoms with Crippen LogP contribution >= 0.6 is 0 Å². The van der Waals surface area contributed by atoms with Crippen molar-refractivity contribution in [1.29, 1.82) is 0 Å². The van der Waals surface area contributed by atoms with Gasteiger partial charge in [0.25, 0.3) is 0 Å². The van der Waals surface area contributed by atoms with Crippen molar-refractivity contribution in [3.63, 3.8) is 0 Å². The van der Waals surface area contributed by atoms with Crippen molar-refractivity contribution in [1.82, 2.24) is 19.1 Å². The number of benzene rings is 9. The van der Waals surface area contributed by atoms with Gasteiger partial charge in [0.2, 0.25) is 0 Å². The van der Waals surface area contributed by atoms with Crippen molar-refractivity contribution in [2.24, 2.45) is 0 Å². The Morgan fingerprint density at radius 1 is 0.333 bits per heavy atom. The molecule has 0 fully saturated rings. The van der Waals surface area contributed by atoms with E-state index in [9.17, 15) is 0 Å². The van der Waals surface area contributed by atoms with Gasteiger partial charge >= 0.3 is 282 Å². The molecule has 63 heavy (non-hydrogen) atoms. The van der Waals surface area contributed by atoms with Crippen molar-refractivity contribution in [3.05, 3.63) is 231 Å². The molecule has 0 saturated heterocycles. The third-order valence-corrected chi connectivity index (χ3v) is 23.4. The molecule has 4 heterocycles. The predicted octanol–water partition coefficient (Wildman–Crippen LogP) is 11.4. The average molecular weight is 864 g/mol. The van der Waals surface area contributed by atoms with E-state index >= 15 is 0 Å². The Bertz CT molecular complexity index is 3670. The number of hydrogen-bond acceptors (Lipinski definition) is 2. The molecule has 5 heteroatoms. The van der Waals surface area contributed by atoms with Gasteiger partial charge in [0.15, 0.2) is 0 Å². The van der Waals surface area contributed by atoms with Gasteiger partial charge in [0.05, 0.1) is 11.0 Å². The van der Waals surface area contributed by atoms with Crippen LogP contribution in [0.1, 0.15) is 0 Å². The first-order valence-electron chi connectivity index (χ1n) is 21.6. The summed E-state index contributed by atoms with van der Waals surface area (Å²) in [5.74, 6) is 0.728. The second-order valence-corrected chi connectivity index (χ2v) is 24.2. The zero-order valence-corrected chi connectivity index (χ0v) is 36.3. The van der Waals surface area contributed by atoms with Gasteiger partial charge in [-0.3, -0.25) is 0 Å². The van der Waals surface area contributed by atoms with Crippen LogP contribution in [0.3, 0.4) is 0 Å². The fraction of sp³-hybridized carbons (Fsp3) is 0. The van der Waals surface area contributed by atoms with Crippen LogP contribution in [0, 0.1) is 0 Å². The molecule has 12 aromatic rings. The molecule has 4 nitrogen and oxygen atoms in total. The summed E-state index contributed by atoms with van der Waals surface area (Å²) in [6.45, 7) is 0. The van der Waals surface area contributed by atoms with Crippen molar-refractivity contribution in [3.8, 4) is 45.3 Å². The molecule has 0 aliphatic carbocycles. The molecule has 1 aliphatic rings. The number of hydrogen-bond donors (Lipinski definition) is 0. The van der Waals surface area contributed by atoms with Crippen LogP contribution in [0.15, 0.2) is 231 Å². The van der Waals surface area contributed by atoms with Gasteiger partial charge in [-0.1, -0.05) is 42.5 Å². The first kappa shape index (κ1) is 35.9. The molecule has 0 N–H and O–H groups in total. The minimum atomic E-state index is -3.64. The van der Waals surface area contributed by atoms with E-state index in [2.05, 4.69) is 240 Å². The van der Waals surface area contributed by atoms with Gasteiger partial charge in [-0.15, -0.1) is 0 Å². The molecule has 3 aromatic heterocycles. The van der Waals surface area contributed by atoms with E-state index in [-0.39, 0.29) is 0 Å². The molecule has 0 saturated carbocycles. The standard InChI is InChI=1S/C58H38GeN4/c1-5-19-39(20-6-1)56-55-57(45-27-13-16-30-48(45)59(55,41-21-7-2-8-22-41)42-23-9-3-10-24-42)61-58(60-56)40-33-35-44(36-34-40)63-50-32-18-15-29-47(50)54-52(63)38-37-51-53(54)46-28-14-17-31-49(46)62(51)43-25-11-4-12-26-43/h1-38H.